The van der Waals surface area contributed by atoms with Crippen LogP contribution in [0.25, 0.3) is 0 Å². The molecule has 0 aliphatic carbocycles. The SMILES string of the molecule is O=C(C#Cc1ccc(F)cc1)C(F)(F)C(F)(F)C(F)(F)C(F)(F)F. The van der Waals surface area contributed by atoms with Gasteiger partial charge in [-0.15, -0.1) is 0 Å². The van der Waals surface area contributed by atoms with Gasteiger partial charge < -0.3 is 0 Å². The Balaban J connectivity index is 3.19. The lowest BCUT2D eigenvalue weighted by Crippen LogP contribution is -2.63. The van der Waals surface area contributed by atoms with E-state index in [1.165, 1.54) is 5.92 Å². The van der Waals surface area contributed by atoms with Crippen molar-refractivity contribution in [3.05, 3.63) is 35.6 Å². The van der Waals surface area contributed by atoms with E-state index in [0.717, 1.165) is 30.2 Å². The molecular formula is C13H4F10O. The van der Waals surface area contributed by atoms with Crippen LogP contribution in [0, 0.1) is 17.7 Å². The van der Waals surface area contributed by atoms with Crippen LogP contribution in [-0.4, -0.2) is 29.7 Å². The molecule has 0 spiro atoms. The van der Waals surface area contributed by atoms with Crippen molar-refractivity contribution in [2.24, 2.45) is 0 Å². The lowest BCUT2D eigenvalue weighted by atomic mass is 10.00. The summed E-state index contributed by atoms with van der Waals surface area (Å²) in [5.74, 6) is -22.2. The minimum atomic E-state index is -7.17. The van der Waals surface area contributed by atoms with Gasteiger partial charge in [0.25, 0.3) is 5.78 Å². The first-order chi connectivity index (χ1) is 10.6. The fourth-order valence-electron chi connectivity index (χ4n) is 1.26. The van der Waals surface area contributed by atoms with E-state index < -0.39 is 35.5 Å². The molecule has 0 atom stereocenters. The molecule has 11 heteroatoms. The molecule has 0 amide bonds. The highest BCUT2D eigenvalue weighted by Gasteiger charge is 2.83. The number of hydrogen-bond donors (Lipinski definition) is 0. The van der Waals surface area contributed by atoms with E-state index in [0.29, 0.717) is 0 Å². The second kappa shape index (κ2) is 5.99. The summed E-state index contributed by atoms with van der Waals surface area (Å²) in [7, 11) is 0. The first-order valence-corrected chi connectivity index (χ1v) is 5.67. The molecular weight excluding hydrogens is 362 g/mol. The van der Waals surface area contributed by atoms with Gasteiger partial charge in [0.05, 0.1) is 0 Å². The number of Topliss-reactive ketones (excluding diaryl/α,β-unsaturated/α-hetero) is 1. The third-order valence-electron chi connectivity index (χ3n) is 2.59. The number of carbonyl (C=O) groups excluding carboxylic acids is 1. The summed E-state index contributed by atoms with van der Waals surface area (Å²) in [6.07, 6.45) is -7.02. The van der Waals surface area contributed by atoms with Gasteiger partial charge in [0.2, 0.25) is 0 Å². The summed E-state index contributed by atoms with van der Waals surface area (Å²) in [6.45, 7) is 0. The molecule has 1 rings (SSSR count). The van der Waals surface area contributed by atoms with E-state index in [1.54, 1.807) is 0 Å². The highest BCUT2D eigenvalue weighted by Crippen LogP contribution is 2.53. The first kappa shape index (κ1) is 19.8. The summed E-state index contributed by atoms with van der Waals surface area (Å²) < 4.78 is 125. The molecule has 0 aromatic heterocycles. The molecule has 0 heterocycles. The number of ketones is 1. The average Bonchev–Trinajstić information content (AvgIpc) is 2.44. The molecule has 0 saturated carbocycles. The predicted octanol–water partition coefficient (Wildman–Crippen LogP) is 4.21. The van der Waals surface area contributed by atoms with Crippen molar-refractivity contribution in [2.45, 2.75) is 23.9 Å². The first-order valence-electron chi connectivity index (χ1n) is 5.67. The molecule has 1 nitrogen and oxygen atoms in total. The quantitative estimate of drug-likeness (QED) is 0.579. The van der Waals surface area contributed by atoms with Crippen molar-refractivity contribution < 1.29 is 48.7 Å². The van der Waals surface area contributed by atoms with Crippen molar-refractivity contribution in [3.63, 3.8) is 0 Å². The molecule has 0 saturated heterocycles. The van der Waals surface area contributed by atoms with Crippen LogP contribution in [0.15, 0.2) is 24.3 Å². The van der Waals surface area contributed by atoms with Gasteiger partial charge in [0, 0.05) is 5.56 Å². The van der Waals surface area contributed by atoms with Crippen LogP contribution in [0.1, 0.15) is 5.56 Å². The lowest BCUT2D eigenvalue weighted by molar-refractivity contribution is -0.387. The zero-order chi connectivity index (χ0) is 19.0. The maximum Gasteiger partial charge on any atom is 0.460 e. The second-order valence-electron chi connectivity index (χ2n) is 4.31. The summed E-state index contributed by atoms with van der Waals surface area (Å²) in [5, 5.41) is 0. The van der Waals surface area contributed by atoms with E-state index in [-0.39, 0.29) is 5.56 Å². The average molecular weight is 366 g/mol. The van der Waals surface area contributed by atoms with Crippen molar-refractivity contribution in [3.8, 4) is 11.8 Å². The fourth-order valence-corrected chi connectivity index (χ4v) is 1.26. The van der Waals surface area contributed by atoms with Crippen LogP contribution in [0.3, 0.4) is 0 Å². The fraction of sp³-hybridized carbons (Fsp3) is 0.308. The van der Waals surface area contributed by atoms with Crippen molar-refractivity contribution in [1.29, 1.82) is 0 Å². The number of carbonyl (C=O) groups is 1. The van der Waals surface area contributed by atoms with Gasteiger partial charge in [-0.2, -0.15) is 39.5 Å². The van der Waals surface area contributed by atoms with Crippen LogP contribution < -0.4 is 0 Å². The Morgan fingerprint density at radius 2 is 1.25 bits per heavy atom. The van der Waals surface area contributed by atoms with E-state index >= 15 is 0 Å². The van der Waals surface area contributed by atoms with Gasteiger partial charge in [0.1, 0.15) is 5.82 Å². The Morgan fingerprint density at radius 3 is 1.67 bits per heavy atom. The van der Waals surface area contributed by atoms with Gasteiger partial charge in [0.15, 0.2) is 0 Å². The molecule has 1 aromatic rings. The number of halogens is 10. The zero-order valence-corrected chi connectivity index (χ0v) is 11.0. The molecule has 0 aliphatic rings. The minimum Gasteiger partial charge on any atom is -0.278 e. The van der Waals surface area contributed by atoms with Gasteiger partial charge in [-0.3, -0.25) is 4.79 Å². The Morgan fingerprint density at radius 1 is 0.792 bits per heavy atom. The van der Waals surface area contributed by atoms with E-state index in [4.69, 9.17) is 0 Å². The molecule has 132 valence electrons. The van der Waals surface area contributed by atoms with E-state index in [2.05, 4.69) is 0 Å². The van der Waals surface area contributed by atoms with Gasteiger partial charge in [-0.25, -0.2) is 4.39 Å². The van der Waals surface area contributed by atoms with Gasteiger partial charge in [-0.05, 0) is 30.2 Å². The molecule has 0 aliphatic heterocycles. The third-order valence-corrected chi connectivity index (χ3v) is 2.59. The number of hydrogen-bond acceptors (Lipinski definition) is 1. The van der Waals surface area contributed by atoms with Crippen LogP contribution in [0.5, 0.6) is 0 Å². The Labute approximate surface area is 127 Å². The number of rotatable bonds is 3. The van der Waals surface area contributed by atoms with Crippen LogP contribution in [0.2, 0.25) is 0 Å². The standard InChI is InChI=1S/C13H4F10O/c14-8-4-1-7(2-5-8)3-6-9(24)10(15,16)11(17,18)12(19,20)13(21,22)23/h1-2,4-5H. The topological polar surface area (TPSA) is 17.1 Å². The largest absolute Gasteiger partial charge is 0.460 e. The third kappa shape index (κ3) is 3.32. The molecule has 1 aromatic carbocycles. The van der Waals surface area contributed by atoms with Gasteiger partial charge in [-0.1, -0.05) is 5.92 Å². The Kier molecular flexibility index (Phi) is 4.94. The van der Waals surface area contributed by atoms with Crippen LogP contribution in [-0.2, 0) is 4.79 Å². The lowest BCUT2D eigenvalue weighted by Gasteiger charge is -2.31. The number of alkyl halides is 9. The van der Waals surface area contributed by atoms with E-state index in [9.17, 15) is 48.7 Å². The van der Waals surface area contributed by atoms with Crippen LogP contribution >= 0.6 is 0 Å². The second-order valence-corrected chi connectivity index (χ2v) is 4.31. The highest BCUT2D eigenvalue weighted by atomic mass is 19.4. The van der Waals surface area contributed by atoms with Gasteiger partial charge >= 0.3 is 23.9 Å². The highest BCUT2D eigenvalue weighted by molar-refractivity contribution is 6.02. The molecule has 0 fully saturated rings. The van der Waals surface area contributed by atoms with E-state index in [1.807, 2.05) is 0 Å². The van der Waals surface area contributed by atoms with Crippen LogP contribution in [0.4, 0.5) is 43.9 Å². The molecule has 0 radical (unpaired) electrons. The maximum absolute atomic E-state index is 13.1. The minimum absolute atomic E-state index is 0.341. The molecule has 0 bridgehead atoms. The summed E-state index contributed by atoms with van der Waals surface area (Å²) >= 11 is 0. The van der Waals surface area contributed by atoms with Crippen molar-refractivity contribution >= 4 is 5.78 Å². The summed E-state index contributed by atoms with van der Waals surface area (Å²) in [6, 6.07) is 3.16. The number of benzene rings is 1. The normalized spacial score (nSPS) is 13.2. The maximum atomic E-state index is 13.1. The summed E-state index contributed by atoms with van der Waals surface area (Å²) in [4.78, 5) is 10.9. The Bertz CT molecular complexity index is 675. The summed E-state index contributed by atoms with van der Waals surface area (Å²) in [5.41, 5.74) is -0.341. The Hall–Kier alpha value is -2.25. The van der Waals surface area contributed by atoms with Crippen molar-refractivity contribution in [1.82, 2.24) is 0 Å². The van der Waals surface area contributed by atoms with Crippen molar-refractivity contribution in [2.75, 3.05) is 0 Å². The molecule has 0 unspecified atom stereocenters. The zero-order valence-electron chi connectivity index (χ0n) is 11.0. The molecule has 24 heavy (non-hydrogen) atoms. The monoisotopic (exact) mass is 366 g/mol. The smallest absolute Gasteiger partial charge is 0.278 e. The predicted molar refractivity (Wildman–Crippen MR) is 59.2 cm³/mol. The molecule has 0 N–H and O–H groups in total.